The second-order valence-corrected chi connectivity index (χ2v) is 5.78. The molecule has 0 saturated carbocycles. The van der Waals surface area contributed by atoms with E-state index in [1.165, 1.54) is 5.56 Å². The fraction of sp³-hybridized carbons (Fsp3) is 0.211. The molecule has 100 valence electrons. The summed E-state index contributed by atoms with van der Waals surface area (Å²) in [6.07, 6.45) is 0.840. The Hall–Kier alpha value is -2.33. The number of rotatable bonds is 1. The van der Waals surface area contributed by atoms with Gasteiger partial charge in [-0.1, -0.05) is 62.9 Å². The summed E-state index contributed by atoms with van der Waals surface area (Å²) in [5.74, 6) is 6.16. The summed E-state index contributed by atoms with van der Waals surface area (Å²) in [6, 6.07) is 15.6. The van der Waals surface area contributed by atoms with E-state index in [0.717, 1.165) is 17.4 Å². The maximum atomic E-state index is 10.9. The Morgan fingerprint density at radius 1 is 0.900 bits per heavy atom. The first-order chi connectivity index (χ1) is 9.50. The molecule has 1 heteroatoms. The lowest BCUT2D eigenvalue weighted by atomic mass is 9.87. The molecule has 0 radical (unpaired) electrons. The molecule has 0 aliphatic heterocycles. The molecule has 2 aromatic carbocycles. The quantitative estimate of drug-likeness (QED) is 0.556. The molecule has 0 bridgehead atoms. The van der Waals surface area contributed by atoms with Gasteiger partial charge in [0, 0.05) is 16.7 Å². The summed E-state index contributed by atoms with van der Waals surface area (Å²) >= 11 is 0. The lowest BCUT2D eigenvalue weighted by molar-refractivity contribution is 0.112. The molecule has 0 aromatic heterocycles. The minimum atomic E-state index is 0.149. The van der Waals surface area contributed by atoms with Crippen molar-refractivity contribution in [2.45, 2.75) is 26.2 Å². The largest absolute Gasteiger partial charge is 0.298 e. The van der Waals surface area contributed by atoms with Gasteiger partial charge in [-0.25, -0.2) is 0 Å². The van der Waals surface area contributed by atoms with Gasteiger partial charge in [0.1, 0.15) is 0 Å². The molecule has 0 heterocycles. The van der Waals surface area contributed by atoms with Crippen LogP contribution in [0.5, 0.6) is 0 Å². The maximum absolute atomic E-state index is 10.9. The van der Waals surface area contributed by atoms with Crippen molar-refractivity contribution in [1.82, 2.24) is 0 Å². The van der Waals surface area contributed by atoms with Crippen LogP contribution < -0.4 is 0 Å². The summed E-state index contributed by atoms with van der Waals surface area (Å²) in [5.41, 5.74) is 3.79. The Bertz CT molecular complexity index is 661. The topological polar surface area (TPSA) is 17.1 Å². The average Bonchev–Trinajstić information content (AvgIpc) is 2.45. The van der Waals surface area contributed by atoms with Crippen LogP contribution in [0.25, 0.3) is 0 Å². The molecular weight excluding hydrogens is 244 g/mol. The molecule has 0 saturated heterocycles. The third-order valence-corrected chi connectivity index (χ3v) is 3.18. The van der Waals surface area contributed by atoms with E-state index in [2.05, 4.69) is 44.7 Å². The molecule has 0 fully saturated rings. The molecule has 0 unspecified atom stereocenters. The first-order valence-electron chi connectivity index (χ1n) is 6.67. The van der Waals surface area contributed by atoms with Crippen LogP contribution >= 0.6 is 0 Å². The van der Waals surface area contributed by atoms with Crippen molar-refractivity contribution in [3.63, 3.8) is 0 Å². The highest BCUT2D eigenvalue weighted by molar-refractivity contribution is 5.79. The summed E-state index contributed by atoms with van der Waals surface area (Å²) in [7, 11) is 0. The number of carbonyl (C=O) groups excluding carboxylic acids is 1. The molecule has 0 aliphatic carbocycles. The van der Waals surface area contributed by atoms with Gasteiger partial charge in [0.2, 0.25) is 0 Å². The summed E-state index contributed by atoms with van der Waals surface area (Å²) in [4.78, 5) is 10.9. The van der Waals surface area contributed by atoms with Crippen molar-refractivity contribution < 1.29 is 4.79 Å². The fourth-order valence-corrected chi connectivity index (χ4v) is 1.91. The van der Waals surface area contributed by atoms with Gasteiger partial charge in [-0.3, -0.25) is 4.79 Å². The van der Waals surface area contributed by atoms with Gasteiger partial charge in [0.25, 0.3) is 0 Å². The molecule has 0 N–H and O–H groups in total. The van der Waals surface area contributed by atoms with Crippen LogP contribution in [-0.4, -0.2) is 6.29 Å². The molecular formula is C19H18O. The zero-order valence-electron chi connectivity index (χ0n) is 12.1. The summed E-state index contributed by atoms with van der Waals surface area (Å²) in [6.45, 7) is 6.57. The maximum Gasteiger partial charge on any atom is 0.151 e. The minimum absolute atomic E-state index is 0.149. The van der Waals surface area contributed by atoms with E-state index >= 15 is 0 Å². The summed E-state index contributed by atoms with van der Waals surface area (Å²) in [5, 5.41) is 0. The molecule has 2 aromatic rings. The first kappa shape index (κ1) is 14.1. The predicted molar refractivity (Wildman–Crippen MR) is 83.0 cm³/mol. The smallest absolute Gasteiger partial charge is 0.151 e. The van der Waals surface area contributed by atoms with Crippen LogP contribution in [0.4, 0.5) is 0 Å². The van der Waals surface area contributed by atoms with Gasteiger partial charge >= 0.3 is 0 Å². The molecule has 1 nitrogen and oxygen atoms in total. The van der Waals surface area contributed by atoms with E-state index in [-0.39, 0.29) is 5.41 Å². The zero-order valence-corrected chi connectivity index (χ0v) is 12.1. The molecule has 0 spiro atoms. The Kier molecular flexibility index (Phi) is 4.05. The molecule has 20 heavy (non-hydrogen) atoms. The second-order valence-electron chi connectivity index (χ2n) is 5.78. The van der Waals surface area contributed by atoms with E-state index in [1.54, 1.807) is 6.07 Å². The third kappa shape index (κ3) is 3.36. The lowest BCUT2D eigenvalue weighted by Gasteiger charge is -2.18. The van der Waals surface area contributed by atoms with Gasteiger partial charge in [-0.15, -0.1) is 0 Å². The zero-order chi connectivity index (χ0) is 14.6. The van der Waals surface area contributed by atoms with E-state index in [0.29, 0.717) is 5.56 Å². The van der Waals surface area contributed by atoms with Crippen LogP contribution in [0.2, 0.25) is 0 Å². The van der Waals surface area contributed by atoms with Crippen molar-refractivity contribution in [3.8, 4) is 11.8 Å². The standard InChI is InChI=1S/C19H18O/c1-19(2,3)18-12-9-15(10-13-18)8-11-16-6-4-5-7-17(16)14-20/h4-7,9-10,12-14H,1-3H3. The number of benzene rings is 2. The normalized spacial score (nSPS) is 10.6. The number of carbonyl (C=O) groups is 1. The van der Waals surface area contributed by atoms with Gasteiger partial charge in [0.05, 0.1) is 0 Å². The van der Waals surface area contributed by atoms with E-state index in [4.69, 9.17) is 0 Å². The van der Waals surface area contributed by atoms with Gasteiger partial charge in [-0.05, 0) is 29.2 Å². The second kappa shape index (κ2) is 5.75. The minimum Gasteiger partial charge on any atom is -0.298 e. The predicted octanol–water partition coefficient (Wildman–Crippen LogP) is 4.20. The Balaban J connectivity index is 2.27. The van der Waals surface area contributed by atoms with Crippen molar-refractivity contribution in [2.24, 2.45) is 0 Å². The Morgan fingerprint density at radius 2 is 1.55 bits per heavy atom. The monoisotopic (exact) mass is 262 g/mol. The van der Waals surface area contributed by atoms with Gasteiger partial charge < -0.3 is 0 Å². The van der Waals surface area contributed by atoms with Crippen LogP contribution in [0.3, 0.4) is 0 Å². The van der Waals surface area contributed by atoms with E-state index < -0.39 is 0 Å². The molecule has 2 rings (SSSR count). The van der Waals surface area contributed by atoms with E-state index in [9.17, 15) is 4.79 Å². The number of hydrogen-bond acceptors (Lipinski definition) is 1. The highest BCUT2D eigenvalue weighted by Crippen LogP contribution is 2.21. The Labute approximate surface area is 120 Å². The highest BCUT2D eigenvalue weighted by atomic mass is 16.1. The molecule has 0 amide bonds. The Morgan fingerprint density at radius 3 is 2.15 bits per heavy atom. The van der Waals surface area contributed by atoms with Crippen LogP contribution in [0.1, 0.15) is 47.8 Å². The lowest BCUT2D eigenvalue weighted by Crippen LogP contribution is -2.10. The summed E-state index contributed by atoms with van der Waals surface area (Å²) < 4.78 is 0. The third-order valence-electron chi connectivity index (χ3n) is 3.18. The SMILES string of the molecule is CC(C)(C)c1ccc(C#Cc2ccccc2C=O)cc1. The highest BCUT2D eigenvalue weighted by Gasteiger charge is 2.12. The molecule has 0 atom stereocenters. The fourth-order valence-electron chi connectivity index (χ4n) is 1.91. The first-order valence-corrected chi connectivity index (χ1v) is 6.67. The molecule has 0 aliphatic rings. The number of hydrogen-bond donors (Lipinski definition) is 0. The van der Waals surface area contributed by atoms with Gasteiger partial charge in [-0.2, -0.15) is 0 Å². The van der Waals surface area contributed by atoms with Crippen LogP contribution in [0, 0.1) is 11.8 Å². The van der Waals surface area contributed by atoms with Gasteiger partial charge in [0.15, 0.2) is 6.29 Å². The van der Waals surface area contributed by atoms with Crippen molar-refractivity contribution >= 4 is 6.29 Å². The van der Waals surface area contributed by atoms with Crippen LogP contribution in [-0.2, 0) is 5.41 Å². The van der Waals surface area contributed by atoms with Crippen molar-refractivity contribution in [2.75, 3.05) is 0 Å². The van der Waals surface area contributed by atoms with Crippen molar-refractivity contribution in [3.05, 3.63) is 70.8 Å². The van der Waals surface area contributed by atoms with E-state index in [1.807, 2.05) is 30.3 Å². The van der Waals surface area contributed by atoms with Crippen LogP contribution in [0.15, 0.2) is 48.5 Å². The average molecular weight is 262 g/mol. The van der Waals surface area contributed by atoms with Crippen molar-refractivity contribution in [1.29, 1.82) is 0 Å². The number of aldehydes is 1.